The molecule has 2 aromatic carbocycles. The van der Waals surface area contributed by atoms with Crippen LogP contribution in [0.2, 0.25) is 0 Å². The highest BCUT2D eigenvalue weighted by Gasteiger charge is 2.64. The maximum absolute atomic E-state index is 15.3. The van der Waals surface area contributed by atoms with Gasteiger partial charge in [-0.05, 0) is 113 Å². The molecule has 2 saturated carbocycles. The second kappa shape index (κ2) is 18.6. The Morgan fingerprint density at radius 1 is 1.03 bits per heavy atom. The molecule has 0 bridgehead atoms. The molecule has 16 nitrogen and oxygen atoms in total. The molecule has 2 aliphatic carbocycles. The number of methoxy groups -OCH3 is 1. The molecule has 7 atom stereocenters. The zero-order chi connectivity index (χ0) is 49.8. The Morgan fingerprint density at radius 2 is 1.72 bits per heavy atom. The normalized spacial score (nSPS) is 27.6. The number of carbonyl (C=O) groups is 4. The monoisotopic (exact) mass is 982 g/mol. The van der Waals surface area contributed by atoms with E-state index in [2.05, 4.69) is 14.9 Å². The lowest BCUT2D eigenvalue weighted by atomic mass is 9.85. The first-order valence-corrected chi connectivity index (χ1v) is 25.0. The van der Waals surface area contributed by atoms with E-state index in [1.165, 1.54) is 21.0 Å². The summed E-state index contributed by atoms with van der Waals surface area (Å²) < 4.78 is 90.3. The number of benzene rings is 2. The van der Waals surface area contributed by atoms with Gasteiger partial charge in [0.1, 0.15) is 35.0 Å². The van der Waals surface area contributed by atoms with Crippen molar-refractivity contribution in [1.82, 2.24) is 24.8 Å². The number of anilines is 1. The first-order chi connectivity index (χ1) is 32.5. The van der Waals surface area contributed by atoms with Crippen molar-refractivity contribution in [1.29, 1.82) is 0 Å². The van der Waals surface area contributed by atoms with Gasteiger partial charge in [0.05, 0.1) is 37.3 Å². The van der Waals surface area contributed by atoms with Gasteiger partial charge in [-0.2, -0.15) is 13.2 Å². The second-order valence-corrected chi connectivity index (χ2v) is 22.4. The Balaban J connectivity index is 1.19. The molecule has 69 heavy (non-hydrogen) atoms. The average Bonchev–Trinajstić information content (AvgIpc) is 4.18. The van der Waals surface area contributed by atoms with Crippen molar-refractivity contribution in [2.24, 2.45) is 17.8 Å². The van der Waals surface area contributed by atoms with Crippen LogP contribution in [0.5, 0.6) is 11.6 Å². The lowest BCUT2D eigenvalue weighted by Crippen LogP contribution is -2.66. The highest BCUT2D eigenvalue weighted by atomic mass is 32.2. The van der Waals surface area contributed by atoms with Crippen molar-refractivity contribution in [2.75, 3.05) is 44.9 Å². The third-order valence-corrected chi connectivity index (χ3v) is 17.0. The number of allylic oxidation sites excluding steroid dienone is 1. The molecule has 5 aliphatic rings. The van der Waals surface area contributed by atoms with E-state index in [4.69, 9.17) is 19.2 Å². The number of aromatic nitrogens is 1. The summed E-state index contributed by atoms with van der Waals surface area (Å²) in [5.74, 6) is -4.04. The third kappa shape index (κ3) is 9.79. The van der Waals surface area contributed by atoms with Crippen LogP contribution in [0.1, 0.15) is 79.6 Å². The molecule has 4 fully saturated rings. The summed E-state index contributed by atoms with van der Waals surface area (Å²) in [6.07, 6.45) is -3.01. The van der Waals surface area contributed by atoms with Crippen molar-refractivity contribution in [2.45, 2.75) is 120 Å². The Morgan fingerprint density at radius 3 is 2.36 bits per heavy atom. The van der Waals surface area contributed by atoms with Crippen LogP contribution in [-0.4, -0.2) is 132 Å². The third-order valence-electron chi connectivity index (χ3n) is 14.8. The molecule has 0 spiro atoms. The van der Waals surface area contributed by atoms with Gasteiger partial charge in [-0.25, -0.2) is 18.2 Å². The fourth-order valence-electron chi connectivity index (χ4n) is 9.98. The van der Waals surface area contributed by atoms with E-state index in [0.29, 0.717) is 75.0 Å². The molecule has 8 rings (SSSR count). The number of halogens is 3. The number of carbonyl (C=O) groups excluding carboxylic acids is 3. The Bertz CT molecular complexity index is 2620. The van der Waals surface area contributed by atoms with Crippen molar-refractivity contribution in [3.63, 3.8) is 0 Å². The van der Waals surface area contributed by atoms with E-state index in [9.17, 15) is 41.1 Å². The van der Waals surface area contributed by atoms with E-state index < -0.39 is 85.9 Å². The van der Waals surface area contributed by atoms with Crippen molar-refractivity contribution < 1.29 is 60.1 Å². The number of carboxylic acid groups (broad SMARTS) is 1. The molecular formula is C49H61F3N6O10S. The molecule has 3 N–H and O–H groups in total. The predicted molar refractivity (Wildman–Crippen MR) is 250 cm³/mol. The van der Waals surface area contributed by atoms with Crippen LogP contribution in [0.3, 0.4) is 0 Å². The van der Waals surface area contributed by atoms with E-state index in [-0.39, 0.29) is 42.5 Å². The molecule has 4 amide bonds. The largest absolute Gasteiger partial charge is 0.497 e. The number of alkyl halides is 3. The summed E-state index contributed by atoms with van der Waals surface area (Å²) in [4.78, 5) is 65.9. The fourth-order valence-corrected chi connectivity index (χ4v) is 11.3. The number of rotatable bonds is 10. The first kappa shape index (κ1) is 49.8. The van der Waals surface area contributed by atoms with Crippen LogP contribution in [-0.2, 0) is 29.1 Å². The summed E-state index contributed by atoms with van der Waals surface area (Å²) in [7, 11) is -2.62. The average molecular weight is 983 g/mol. The number of morpholine rings is 1. The molecule has 4 heterocycles. The van der Waals surface area contributed by atoms with E-state index in [1.807, 2.05) is 43.3 Å². The molecule has 3 aromatic rings. The van der Waals surface area contributed by atoms with Crippen LogP contribution in [0.25, 0.3) is 22.0 Å². The molecule has 2 saturated heterocycles. The van der Waals surface area contributed by atoms with E-state index in [0.717, 1.165) is 29.2 Å². The molecule has 20 heteroatoms. The Labute approximate surface area is 399 Å². The smallest absolute Gasteiger partial charge is 0.411 e. The number of sulfonamides is 1. The number of hydrogen-bond acceptors (Lipinski definition) is 11. The summed E-state index contributed by atoms with van der Waals surface area (Å²) in [5.41, 5.74) is -2.53. The van der Waals surface area contributed by atoms with Gasteiger partial charge in [0.15, 0.2) is 0 Å². The number of nitrogens with zero attached hydrogens (tertiary/aromatic N) is 4. The minimum absolute atomic E-state index is 0.0370. The van der Waals surface area contributed by atoms with Gasteiger partial charge >= 0.3 is 12.3 Å². The number of hydrogen-bond donors (Lipinski definition) is 3. The van der Waals surface area contributed by atoms with Gasteiger partial charge in [-0.15, -0.1) is 0 Å². The molecule has 3 aliphatic heterocycles. The second-order valence-electron chi connectivity index (χ2n) is 20.2. The number of nitrogens with one attached hydrogen (secondary N) is 2. The maximum atomic E-state index is 15.3. The first-order valence-electron chi connectivity index (χ1n) is 23.5. The lowest BCUT2D eigenvalue weighted by Gasteiger charge is -2.45. The van der Waals surface area contributed by atoms with Gasteiger partial charge in [0.2, 0.25) is 27.7 Å². The van der Waals surface area contributed by atoms with Crippen molar-refractivity contribution in [3.8, 4) is 22.9 Å². The lowest BCUT2D eigenvalue weighted by molar-refractivity contribution is -0.222. The minimum atomic E-state index is -5.12. The van der Waals surface area contributed by atoms with Crippen LogP contribution < -0.4 is 24.4 Å². The van der Waals surface area contributed by atoms with E-state index >= 15 is 4.79 Å². The van der Waals surface area contributed by atoms with Gasteiger partial charge in [-0.1, -0.05) is 38.1 Å². The predicted octanol–water partition coefficient (Wildman–Crippen LogP) is 6.67. The van der Waals surface area contributed by atoms with Crippen molar-refractivity contribution in [3.05, 3.63) is 60.7 Å². The highest BCUT2D eigenvalue weighted by molar-refractivity contribution is 7.91. The van der Waals surface area contributed by atoms with Gasteiger partial charge in [0, 0.05) is 42.1 Å². The van der Waals surface area contributed by atoms with Gasteiger partial charge in [0.25, 0.3) is 5.91 Å². The highest BCUT2D eigenvalue weighted by Crippen LogP contribution is 2.48. The topological polar surface area (TPSA) is 197 Å². The zero-order valence-corrected chi connectivity index (χ0v) is 40.5. The number of amides is 4. The summed E-state index contributed by atoms with van der Waals surface area (Å²) >= 11 is 0. The minimum Gasteiger partial charge on any atom is -0.497 e. The van der Waals surface area contributed by atoms with Crippen LogP contribution >= 0.6 is 0 Å². The fraction of sp³-hybridized carbons (Fsp3) is 0.571. The molecule has 0 unspecified atom stereocenters. The Hall–Kier alpha value is -5.63. The molecule has 374 valence electrons. The maximum Gasteiger partial charge on any atom is 0.411 e. The Kier molecular flexibility index (Phi) is 13.4. The van der Waals surface area contributed by atoms with Crippen molar-refractivity contribution >= 4 is 50.3 Å². The number of pyridine rings is 1. The SMILES string of the molecule is COc1ccc2c(O[C@@H]3C[C@H]4C(=O)N[C@]5(C(=O)NS(=O)(=O)C6(C)CC6)C[C@H]5C=CCC[C@H](C)C[C@@H](C)[C@H](N(C(=O)O)C(C)(C)C(F)(F)F)C(=O)N4C3)nc(-c3ccc(N4CCOCC4)cc3)cc2c1. The number of fused-ring (bicyclic) bond motifs is 3. The van der Waals surface area contributed by atoms with Gasteiger partial charge in [-0.3, -0.25) is 24.0 Å². The van der Waals surface area contributed by atoms with E-state index in [1.54, 1.807) is 24.3 Å². The summed E-state index contributed by atoms with van der Waals surface area (Å²) in [6.45, 7) is 8.64. The summed E-state index contributed by atoms with van der Waals surface area (Å²) in [6, 6.07) is 11.5. The quantitative estimate of drug-likeness (QED) is 0.183. The molecule has 0 radical (unpaired) electrons. The summed E-state index contributed by atoms with van der Waals surface area (Å²) in [5, 5.41) is 14.6. The molecule has 1 aromatic heterocycles. The van der Waals surface area contributed by atoms with Crippen LogP contribution in [0, 0.1) is 17.8 Å². The molecular weight excluding hydrogens is 922 g/mol. The van der Waals surface area contributed by atoms with Gasteiger partial charge < -0.3 is 34.4 Å². The number of ether oxygens (including phenoxy) is 3. The zero-order valence-electron chi connectivity index (χ0n) is 39.7. The van der Waals surface area contributed by atoms with Crippen LogP contribution in [0.15, 0.2) is 60.7 Å². The van der Waals surface area contributed by atoms with Crippen LogP contribution in [0.4, 0.5) is 23.7 Å². The standard InChI is InChI=1S/C49H61F3N6O10S/c1-29-9-7-8-10-33-27-48(33,44(61)55-69(64,65)47(5)17-18-47)54-41(59)39-26-36(28-57(39)43(60)40(30(2)23-29)58(45(62)63)46(3,4)49(50,51)52)68-42-37-16-15-35(66-6)24-32(37)25-38(53-42)31-11-13-34(14-12-31)56-19-21-67-22-20-56/h8,10-16,24-25,29-30,33,36,39-40H,7,9,17-23,26-28H2,1-6H3,(H,54,59)(H,55,61)(H,62,63)/t29-,30+,33+,36+,39-,40-,48+/m0/s1.